The summed E-state index contributed by atoms with van der Waals surface area (Å²) in [6, 6.07) is 18.9. The van der Waals surface area contributed by atoms with Crippen LogP contribution in [0.3, 0.4) is 0 Å². The molecule has 1 saturated heterocycles. The molecule has 128 valence electrons. The molecule has 0 unspecified atom stereocenters. The van der Waals surface area contributed by atoms with Gasteiger partial charge in [0.1, 0.15) is 5.75 Å². The second-order valence-electron chi connectivity index (χ2n) is 6.70. The van der Waals surface area contributed by atoms with Gasteiger partial charge in [0.05, 0.1) is 6.61 Å². The molecule has 24 heavy (non-hydrogen) atoms. The number of hydrogen-bond acceptors (Lipinski definition) is 2. The number of benzene rings is 2. The van der Waals surface area contributed by atoms with Crippen LogP contribution in [-0.4, -0.2) is 31.1 Å². The van der Waals surface area contributed by atoms with Gasteiger partial charge in [0.25, 0.3) is 0 Å². The molecule has 0 aliphatic carbocycles. The van der Waals surface area contributed by atoms with E-state index in [9.17, 15) is 0 Å². The third kappa shape index (κ3) is 5.38. The van der Waals surface area contributed by atoms with E-state index in [2.05, 4.69) is 53.4 Å². The van der Waals surface area contributed by atoms with Crippen LogP contribution in [0.1, 0.15) is 38.5 Å². The first-order valence-corrected chi connectivity index (χ1v) is 9.42. The molecule has 1 fully saturated rings. The minimum Gasteiger partial charge on any atom is -0.494 e. The lowest BCUT2D eigenvalue weighted by molar-refractivity contribution is 0.221. The van der Waals surface area contributed by atoms with Gasteiger partial charge in [-0.3, -0.25) is 0 Å². The van der Waals surface area contributed by atoms with Gasteiger partial charge in [0.2, 0.25) is 0 Å². The van der Waals surface area contributed by atoms with Crippen molar-refractivity contribution in [2.45, 2.75) is 38.5 Å². The minimum atomic E-state index is 0.824. The molecule has 1 aliphatic heterocycles. The summed E-state index contributed by atoms with van der Waals surface area (Å²) in [6.45, 7) is 4.71. The Balaban J connectivity index is 1.32. The van der Waals surface area contributed by atoms with Gasteiger partial charge >= 0.3 is 0 Å². The second kappa shape index (κ2) is 9.48. The Hall–Kier alpha value is -1.80. The molecule has 0 amide bonds. The maximum Gasteiger partial charge on any atom is 0.119 e. The molecule has 0 N–H and O–H groups in total. The van der Waals surface area contributed by atoms with Crippen LogP contribution in [0.4, 0.5) is 0 Å². The molecule has 3 rings (SSSR count). The Bertz CT molecular complexity index is 573. The Morgan fingerprint density at radius 1 is 0.708 bits per heavy atom. The molecule has 1 aliphatic rings. The van der Waals surface area contributed by atoms with E-state index in [1.165, 1.54) is 62.9 Å². The molecule has 0 bridgehead atoms. The fourth-order valence-corrected chi connectivity index (χ4v) is 3.36. The van der Waals surface area contributed by atoms with E-state index in [1.807, 2.05) is 6.07 Å². The average Bonchev–Trinajstić information content (AvgIpc) is 2.67. The van der Waals surface area contributed by atoms with Crippen LogP contribution in [0, 0.1) is 0 Å². The number of likely N-dealkylation sites (tertiary alicyclic amines) is 1. The fraction of sp³-hybridized carbons (Fsp3) is 0.455. The van der Waals surface area contributed by atoms with Crippen LogP contribution in [0.2, 0.25) is 0 Å². The van der Waals surface area contributed by atoms with E-state index in [-0.39, 0.29) is 0 Å². The van der Waals surface area contributed by atoms with E-state index < -0.39 is 0 Å². The first-order valence-electron chi connectivity index (χ1n) is 9.42. The third-order valence-electron chi connectivity index (χ3n) is 4.80. The van der Waals surface area contributed by atoms with Crippen molar-refractivity contribution >= 4 is 0 Å². The van der Waals surface area contributed by atoms with E-state index in [1.54, 1.807) is 0 Å². The zero-order valence-corrected chi connectivity index (χ0v) is 14.6. The Morgan fingerprint density at radius 3 is 2.17 bits per heavy atom. The van der Waals surface area contributed by atoms with Crippen LogP contribution in [-0.2, 0) is 0 Å². The highest BCUT2D eigenvalue weighted by Crippen LogP contribution is 2.22. The molecule has 0 atom stereocenters. The van der Waals surface area contributed by atoms with Gasteiger partial charge in [-0.25, -0.2) is 0 Å². The van der Waals surface area contributed by atoms with Crippen molar-refractivity contribution in [3.63, 3.8) is 0 Å². The SMILES string of the molecule is c1ccc(-c2ccc(OCCCCCN3CCCCC3)cc2)cc1. The van der Waals surface area contributed by atoms with Crippen molar-refractivity contribution in [3.8, 4) is 16.9 Å². The number of hydrogen-bond donors (Lipinski definition) is 0. The van der Waals surface area contributed by atoms with E-state index in [4.69, 9.17) is 4.74 Å². The Labute approximate surface area is 146 Å². The van der Waals surface area contributed by atoms with Crippen molar-refractivity contribution in [2.75, 3.05) is 26.2 Å². The molecule has 0 saturated carbocycles. The predicted molar refractivity (Wildman–Crippen MR) is 102 cm³/mol. The normalized spacial score (nSPS) is 15.3. The summed E-state index contributed by atoms with van der Waals surface area (Å²) in [5.74, 6) is 0.978. The van der Waals surface area contributed by atoms with E-state index in [0.717, 1.165) is 18.8 Å². The van der Waals surface area contributed by atoms with Crippen molar-refractivity contribution in [2.24, 2.45) is 0 Å². The number of rotatable bonds is 8. The predicted octanol–water partition coefficient (Wildman–Crippen LogP) is 5.39. The smallest absolute Gasteiger partial charge is 0.119 e. The maximum atomic E-state index is 5.88. The maximum absolute atomic E-state index is 5.88. The molecular formula is C22H29NO. The monoisotopic (exact) mass is 323 g/mol. The lowest BCUT2D eigenvalue weighted by Crippen LogP contribution is -2.30. The van der Waals surface area contributed by atoms with Gasteiger partial charge in [-0.15, -0.1) is 0 Å². The molecule has 0 aromatic heterocycles. The van der Waals surface area contributed by atoms with Gasteiger partial charge in [0.15, 0.2) is 0 Å². The minimum absolute atomic E-state index is 0.824. The molecule has 1 heterocycles. The summed E-state index contributed by atoms with van der Waals surface area (Å²) in [7, 11) is 0. The van der Waals surface area contributed by atoms with Crippen LogP contribution in [0.15, 0.2) is 54.6 Å². The van der Waals surface area contributed by atoms with Crippen LogP contribution < -0.4 is 4.74 Å². The molecule has 2 aromatic rings. The summed E-state index contributed by atoms with van der Waals surface area (Å²) in [5.41, 5.74) is 2.49. The van der Waals surface area contributed by atoms with Crippen molar-refractivity contribution in [3.05, 3.63) is 54.6 Å². The van der Waals surface area contributed by atoms with Crippen LogP contribution >= 0.6 is 0 Å². The van der Waals surface area contributed by atoms with Gasteiger partial charge in [-0.05, 0) is 75.0 Å². The van der Waals surface area contributed by atoms with E-state index in [0.29, 0.717) is 0 Å². The number of piperidine rings is 1. The highest BCUT2D eigenvalue weighted by Gasteiger charge is 2.08. The van der Waals surface area contributed by atoms with Gasteiger partial charge in [0, 0.05) is 0 Å². The molecule has 0 radical (unpaired) electrons. The first-order chi connectivity index (χ1) is 11.9. The number of nitrogens with zero attached hydrogens (tertiary/aromatic N) is 1. The molecule has 2 nitrogen and oxygen atoms in total. The van der Waals surface area contributed by atoms with Gasteiger partial charge in [-0.1, -0.05) is 48.9 Å². The summed E-state index contributed by atoms with van der Waals surface area (Å²) in [6.07, 6.45) is 7.92. The summed E-state index contributed by atoms with van der Waals surface area (Å²) in [5, 5.41) is 0. The first kappa shape index (κ1) is 17.0. The largest absolute Gasteiger partial charge is 0.494 e. The van der Waals surface area contributed by atoms with E-state index >= 15 is 0 Å². The third-order valence-corrected chi connectivity index (χ3v) is 4.80. The lowest BCUT2D eigenvalue weighted by Gasteiger charge is -2.26. The van der Waals surface area contributed by atoms with Crippen LogP contribution in [0.5, 0.6) is 5.75 Å². The standard InChI is InChI=1S/C22H29NO/c1-4-10-20(11-5-1)21-12-14-22(15-13-21)24-19-9-3-8-18-23-16-6-2-7-17-23/h1,4-5,10-15H,2-3,6-9,16-19H2. The molecule has 2 heteroatoms. The molecule has 2 aromatic carbocycles. The molecular weight excluding hydrogens is 294 g/mol. The van der Waals surface area contributed by atoms with Crippen molar-refractivity contribution in [1.29, 1.82) is 0 Å². The Morgan fingerprint density at radius 2 is 1.42 bits per heavy atom. The highest BCUT2D eigenvalue weighted by molar-refractivity contribution is 5.63. The summed E-state index contributed by atoms with van der Waals surface area (Å²) < 4.78 is 5.88. The second-order valence-corrected chi connectivity index (χ2v) is 6.70. The van der Waals surface area contributed by atoms with Gasteiger partial charge in [-0.2, -0.15) is 0 Å². The average molecular weight is 323 g/mol. The Kier molecular flexibility index (Phi) is 6.73. The summed E-state index contributed by atoms with van der Waals surface area (Å²) >= 11 is 0. The quantitative estimate of drug-likeness (QED) is 0.604. The molecule has 0 spiro atoms. The topological polar surface area (TPSA) is 12.5 Å². The van der Waals surface area contributed by atoms with Crippen LogP contribution in [0.25, 0.3) is 11.1 Å². The van der Waals surface area contributed by atoms with Gasteiger partial charge < -0.3 is 9.64 Å². The summed E-state index contributed by atoms with van der Waals surface area (Å²) in [4.78, 5) is 2.62. The number of unbranched alkanes of at least 4 members (excludes halogenated alkanes) is 2. The van der Waals surface area contributed by atoms with Crippen molar-refractivity contribution < 1.29 is 4.74 Å². The highest BCUT2D eigenvalue weighted by atomic mass is 16.5. The van der Waals surface area contributed by atoms with Crippen molar-refractivity contribution in [1.82, 2.24) is 4.90 Å². The number of ether oxygens (including phenoxy) is 1. The zero-order chi connectivity index (χ0) is 16.5. The lowest BCUT2D eigenvalue weighted by atomic mass is 10.1. The zero-order valence-electron chi connectivity index (χ0n) is 14.6. The fourth-order valence-electron chi connectivity index (χ4n) is 3.36.